The lowest BCUT2D eigenvalue weighted by atomic mass is 10.1. The fraction of sp³-hybridized carbons (Fsp3) is 0.545. The lowest BCUT2D eigenvalue weighted by molar-refractivity contribution is 0.0821. The molecule has 0 amide bonds. The highest BCUT2D eigenvalue weighted by atomic mass is 35.5. The van der Waals surface area contributed by atoms with Crippen molar-refractivity contribution in [1.82, 2.24) is 4.90 Å². The predicted octanol–water partition coefficient (Wildman–Crippen LogP) is 2.29. The Kier molecular flexibility index (Phi) is 5.41. The summed E-state index contributed by atoms with van der Waals surface area (Å²) < 4.78 is 0.626. The van der Waals surface area contributed by atoms with Crippen molar-refractivity contribution in [3.05, 3.63) is 21.3 Å². The zero-order valence-corrected chi connectivity index (χ0v) is 11.0. The molecule has 1 aromatic heterocycles. The van der Waals surface area contributed by atoms with E-state index in [4.69, 9.17) is 16.7 Å². The summed E-state index contributed by atoms with van der Waals surface area (Å²) in [6, 6.07) is 3.26. The molecule has 90 valence electrons. The predicted molar refractivity (Wildman–Crippen MR) is 67.5 cm³/mol. The fourth-order valence-electron chi connectivity index (χ4n) is 1.57. The van der Waals surface area contributed by atoms with Crippen LogP contribution in [0.2, 0.25) is 4.34 Å². The number of carbonyl (C=O) groups excluding carboxylic acids is 1. The molecule has 0 fully saturated rings. The van der Waals surface area contributed by atoms with Gasteiger partial charge in [0.05, 0.1) is 21.9 Å². The van der Waals surface area contributed by atoms with Crippen molar-refractivity contribution in [2.75, 3.05) is 19.7 Å². The van der Waals surface area contributed by atoms with Gasteiger partial charge in [-0.3, -0.25) is 9.69 Å². The van der Waals surface area contributed by atoms with Crippen molar-refractivity contribution >= 4 is 28.7 Å². The normalized spacial score (nSPS) is 13.1. The van der Waals surface area contributed by atoms with Crippen LogP contribution in [-0.2, 0) is 0 Å². The maximum atomic E-state index is 12.1. The summed E-state index contributed by atoms with van der Waals surface area (Å²) in [7, 11) is 0. The average molecular weight is 262 g/mol. The monoisotopic (exact) mass is 261 g/mol. The summed E-state index contributed by atoms with van der Waals surface area (Å²) in [5.74, 6) is 0.0622. The van der Waals surface area contributed by atoms with Crippen LogP contribution in [0.3, 0.4) is 0 Å². The van der Waals surface area contributed by atoms with Crippen molar-refractivity contribution in [3.63, 3.8) is 0 Å². The Morgan fingerprint density at radius 2 is 2.31 bits per heavy atom. The first kappa shape index (κ1) is 13.6. The van der Waals surface area contributed by atoms with E-state index in [1.807, 2.05) is 18.7 Å². The molecule has 0 radical (unpaired) electrons. The summed E-state index contributed by atoms with van der Waals surface area (Å²) >= 11 is 7.09. The Hall–Kier alpha value is -0.420. The first-order valence-electron chi connectivity index (χ1n) is 5.24. The van der Waals surface area contributed by atoms with Crippen LogP contribution in [0.15, 0.2) is 12.1 Å². The number of hydrogen-bond donors (Lipinski definition) is 1. The smallest absolute Gasteiger partial charge is 0.189 e. The molecular formula is C11H16ClNO2S. The van der Waals surface area contributed by atoms with Crippen LogP contribution in [0.25, 0.3) is 0 Å². The first-order chi connectivity index (χ1) is 7.60. The van der Waals surface area contributed by atoms with Crippen LogP contribution in [0, 0.1) is 0 Å². The van der Waals surface area contributed by atoms with Crippen LogP contribution in [-0.4, -0.2) is 41.5 Å². The highest BCUT2D eigenvalue weighted by Gasteiger charge is 2.22. The molecule has 1 unspecified atom stereocenters. The van der Waals surface area contributed by atoms with Gasteiger partial charge in [0.25, 0.3) is 0 Å². The highest BCUT2D eigenvalue weighted by molar-refractivity contribution is 7.18. The minimum atomic E-state index is -0.216. The number of halogens is 1. The molecule has 0 aliphatic heterocycles. The van der Waals surface area contributed by atoms with Crippen molar-refractivity contribution in [2.45, 2.75) is 19.9 Å². The molecule has 5 heteroatoms. The lowest BCUT2D eigenvalue weighted by Gasteiger charge is -2.25. The SMILES string of the molecule is CCN(CCO)C(C)C(=O)c1ccc(Cl)s1. The quantitative estimate of drug-likeness (QED) is 0.799. The Morgan fingerprint density at radius 1 is 1.62 bits per heavy atom. The lowest BCUT2D eigenvalue weighted by Crippen LogP contribution is -2.40. The van der Waals surface area contributed by atoms with E-state index in [1.54, 1.807) is 12.1 Å². The zero-order chi connectivity index (χ0) is 12.1. The number of ketones is 1. The standard InChI is InChI=1S/C11H16ClNO2S/c1-3-13(6-7-14)8(2)11(15)9-4-5-10(12)16-9/h4-5,8,14H,3,6-7H2,1-2H3. The van der Waals surface area contributed by atoms with Gasteiger partial charge in [0, 0.05) is 6.54 Å². The molecule has 0 bridgehead atoms. The largest absolute Gasteiger partial charge is 0.395 e. The molecule has 1 heterocycles. The van der Waals surface area contributed by atoms with Crippen molar-refractivity contribution in [2.24, 2.45) is 0 Å². The van der Waals surface area contributed by atoms with Crippen molar-refractivity contribution < 1.29 is 9.90 Å². The number of aliphatic hydroxyl groups is 1. The molecule has 1 rings (SSSR count). The van der Waals surface area contributed by atoms with Crippen LogP contribution < -0.4 is 0 Å². The van der Waals surface area contributed by atoms with Gasteiger partial charge in [-0.2, -0.15) is 0 Å². The van der Waals surface area contributed by atoms with E-state index < -0.39 is 0 Å². The van der Waals surface area contributed by atoms with E-state index in [0.29, 0.717) is 15.8 Å². The maximum absolute atomic E-state index is 12.1. The first-order valence-corrected chi connectivity index (χ1v) is 6.44. The van der Waals surface area contributed by atoms with E-state index in [0.717, 1.165) is 6.54 Å². The van der Waals surface area contributed by atoms with E-state index in [1.165, 1.54) is 11.3 Å². The Morgan fingerprint density at radius 3 is 2.75 bits per heavy atom. The molecular weight excluding hydrogens is 246 g/mol. The maximum Gasteiger partial charge on any atom is 0.189 e. The topological polar surface area (TPSA) is 40.5 Å². The van der Waals surface area contributed by atoms with Gasteiger partial charge >= 0.3 is 0 Å². The van der Waals surface area contributed by atoms with E-state index >= 15 is 0 Å². The molecule has 3 nitrogen and oxygen atoms in total. The third-order valence-electron chi connectivity index (χ3n) is 2.54. The number of nitrogens with zero attached hydrogens (tertiary/aromatic N) is 1. The molecule has 1 N–H and O–H groups in total. The number of thiophene rings is 1. The Labute approximate surface area is 105 Å². The van der Waals surface area contributed by atoms with Gasteiger partial charge in [0.1, 0.15) is 0 Å². The molecule has 0 spiro atoms. The van der Waals surface area contributed by atoms with E-state index in [9.17, 15) is 4.79 Å². The minimum absolute atomic E-state index is 0.0622. The van der Waals surface area contributed by atoms with Gasteiger partial charge < -0.3 is 5.11 Å². The second-order valence-electron chi connectivity index (χ2n) is 3.50. The third-order valence-corrected chi connectivity index (χ3v) is 3.78. The van der Waals surface area contributed by atoms with Gasteiger partial charge in [-0.1, -0.05) is 18.5 Å². The molecule has 0 saturated carbocycles. The van der Waals surface area contributed by atoms with Gasteiger partial charge in [-0.05, 0) is 25.6 Å². The van der Waals surface area contributed by atoms with Crippen LogP contribution in [0.5, 0.6) is 0 Å². The molecule has 0 saturated heterocycles. The Balaban J connectivity index is 2.72. The van der Waals surface area contributed by atoms with Gasteiger partial charge in [0.15, 0.2) is 5.78 Å². The molecule has 0 aromatic carbocycles. The van der Waals surface area contributed by atoms with Gasteiger partial charge in [-0.15, -0.1) is 11.3 Å². The summed E-state index contributed by atoms with van der Waals surface area (Å²) in [5.41, 5.74) is 0. The van der Waals surface area contributed by atoms with E-state index in [-0.39, 0.29) is 18.4 Å². The highest BCUT2D eigenvalue weighted by Crippen LogP contribution is 2.23. The number of aliphatic hydroxyl groups excluding tert-OH is 1. The number of rotatable bonds is 6. The number of Topliss-reactive ketones (excluding diaryl/α,β-unsaturated/α-hetero) is 1. The fourth-order valence-corrected chi connectivity index (χ4v) is 2.64. The molecule has 0 aliphatic rings. The number of hydrogen-bond acceptors (Lipinski definition) is 4. The molecule has 1 aromatic rings. The molecule has 0 aliphatic carbocycles. The number of carbonyl (C=O) groups is 1. The summed E-state index contributed by atoms with van der Waals surface area (Å²) in [6.07, 6.45) is 0. The van der Waals surface area contributed by atoms with Crippen LogP contribution in [0.1, 0.15) is 23.5 Å². The van der Waals surface area contributed by atoms with Crippen LogP contribution in [0.4, 0.5) is 0 Å². The molecule has 16 heavy (non-hydrogen) atoms. The third kappa shape index (κ3) is 3.28. The summed E-state index contributed by atoms with van der Waals surface area (Å²) in [6.45, 7) is 5.15. The molecule has 1 atom stereocenters. The summed E-state index contributed by atoms with van der Waals surface area (Å²) in [4.78, 5) is 14.7. The van der Waals surface area contributed by atoms with Gasteiger partial charge in [-0.25, -0.2) is 0 Å². The summed E-state index contributed by atoms with van der Waals surface area (Å²) in [5, 5.41) is 8.90. The van der Waals surface area contributed by atoms with Crippen molar-refractivity contribution in [3.8, 4) is 0 Å². The Bertz CT molecular complexity index is 354. The zero-order valence-electron chi connectivity index (χ0n) is 9.44. The second kappa shape index (κ2) is 6.35. The van der Waals surface area contributed by atoms with Gasteiger partial charge in [0.2, 0.25) is 0 Å². The van der Waals surface area contributed by atoms with Crippen LogP contribution >= 0.6 is 22.9 Å². The second-order valence-corrected chi connectivity index (χ2v) is 5.21. The van der Waals surface area contributed by atoms with Crippen molar-refractivity contribution in [1.29, 1.82) is 0 Å². The van der Waals surface area contributed by atoms with E-state index in [2.05, 4.69) is 0 Å². The minimum Gasteiger partial charge on any atom is -0.395 e. The number of likely N-dealkylation sites (N-methyl/N-ethyl adjacent to an activating group) is 1. The average Bonchev–Trinajstić information content (AvgIpc) is 2.70.